The normalized spacial score (nSPS) is 11.2. The van der Waals surface area contributed by atoms with E-state index in [0.717, 1.165) is 0 Å². The molecule has 6 heteroatoms. The third-order valence-corrected chi connectivity index (χ3v) is 2.98. The monoisotopic (exact) mass is 323 g/mol. The minimum Gasteiger partial charge on any atom is -0.493 e. The standard InChI is InChI=1S/C16H17NO4.ClH/c1-20-14-7-2-3-8-15(14)21-12-6-4-5-11(9-12)13(17)10-16(18)19;/h2-9,13H,10,17H2,1H3,(H,18,19);1H. The van der Waals surface area contributed by atoms with Gasteiger partial charge in [0.2, 0.25) is 0 Å². The average molecular weight is 324 g/mol. The summed E-state index contributed by atoms with van der Waals surface area (Å²) in [6.07, 6.45) is -0.127. The molecule has 22 heavy (non-hydrogen) atoms. The predicted octanol–water partition coefficient (Wildman–Crippen LogP) is 3.38. The van der Waals surface area contributed by atoms with Crippen molar-refractivity contribution >= 4 is 18.4 Å². The highest BCUT2D eigenvalue weighted by atomic mass is 35.5. The van der Waals surface area contributed by atoms with Gasteiger partial charge in [-0.25, -0.2) is 0 Å². The molecule has 0 aromatic heterocycles. The van der Waals surface area contributed by atoms with Crippen LogP contribution >= 0.6 is 12.4 Å². The van der Waals surface area contributed by atoms with E-state index in [1.807, 2.05) is 12.1 Å². The van der Waals surface area contributed by atoms with Gasteiger partial charge in [-0.15, -0.1) is 12.4 Å². The van der Waals surface area contributed by atoms with Gasteiger partial charge in [-0.05, 0) is 29.8 Å². The van der Waals surface area contributed by atoms with Crippen molar-refractivity contribution in [3.8, 4) is 17.2 Å². The van der Waals surface area contributed by atoms with E-state index in [2.05, 4.69) is 0 Å². The number of carboxylic acids is 1. The van der Waals surface area contributed by atoms with Gasteiger partial charge in [0.1, 0.15) is 5.75 Å². The zero-order valence-electron chi connectivity index (χ0n) is 12.1. The van der Waals surface area contributed by atoms with Gasteiger partial charge in [0.15, 0.2) is 11.5 Å². The fraction of sp³-hybridized carbons (Fsp3) is 0.188. The highest BCUT2D eigenvalue weighted by molar-refractivity contribution is 5.85. The summed E-state index contributed by atoms with van der Waals surface area (Å²) in [5.74, 6) is 0.859. The number of carbonyl (C=O) groups is 1. The third kappa shape index (κ3) is 4.65. The highest BCUT2D eigenvalue weighted by Gasteiger charge is 2.12. The number of carboxylic acid groups (broad SMARTS) is 1. The summed E-state index contributed by atoms with van der Waals surface area (Å²) in [6.45, 7) is 0. The Morgan fingerprint density at radius 1 is 1.18 bits per heavy atom. The van der Waals surface area contributed by atoms with Crippen LogP contribution in [0.3, 0.4) is 0 Å². The molecule has 0 amide bonds. The smallest absolute Gasteiger partial charge is 0.305 e. The van der Waals surface area contributed by atoms with Crippen LogP contribution in [-0.4, -0.2) is 18.2 Å². The lowest BCUT2D eigenvalue weighted by Gasteiger charge is -2.13. The first kappa shape index (κ1) is 17.8. The number of nitrogens with two attached hydrogens (primary N) is 1. The van der Waals surface area contributed by atoms with Gasteiger partial charge in [-0.2, -0.15) is 0 Å². The van der Waals surface area contributed by atoms with Crippen molar-refractivity contribution in [2.75, 3.05) is 7.11 Å². The maximum atomic E-state index is 10.7. The van der Waals surface area contributed by atoms with Crippen LogP contribution in [0.2, 0.25) is 0 Å². The summed E-state index contributed by atoms with van der Waals surface area (Å²) < 4.78 is 11.0. The summed E-state index contributed by atoms with van der Waals surface area (Å²) in [7, 11) is 1.57. The Balaban J connectivity index is 0.00000242. The van der Waals surface area contributed by atoms with E-state index in [0.29, 0.717) is 22.8 Å². The number of rotatable bonds is 6. The van der Waals surface area contributed by atoms with E-state index in [-0.39, 0.29) is 18.8 Å². The van der Waals surface area contributed by atoms with E-state index in [9.17, 15) is 4.79 Å². The zero-order chi connectivity index (χ0) is 15.2. The van der Waals surface area contributed by atoms with Gasteiger partial charge in [-0.3, -0.25) is 4.79 Å². The molecule has 0 bridgehead atoms. The van der Waals surface area contributed by atoms with E-state index in [1.165, 1.54) is 0 Å². The minimum absolute atomic E-state index is 0. The fourth-order valence-corrected chi connectivity index (χ4v) is 1.94. The van der Waals surface area contributed by atoms with Crippen molar-refractivity contribution in [1.29, 1.82) is 0 Å². The second-order valence-corrected chi connectivity index (χ2v) is 4.53. The Bertz CT molecular complexity index is 633. The first-order valence-electron chi connectivity index (χ1n) is 6.48. The summed E-state index contributed by atoms with van der Waals surface area (Å²) in [5.41, 5.74) is 6.57. The molecule has 1 unspecified atom stereocenters. The molecule has 0 aliphatic rings. The lowest BCUT2D eigenvalue weighted by Crippen LogP contribution is -2.14. The van der Waals surface area contributed by atoms with Gasteiger partial charge >= 0.3 is 5.97 Å². The zero-order valence-corrected chi connectivity index (χ0v) is 12.9. The van der Waals surface area contributed by atoms with Gasteiger partial charge in [0, 0.05) is 6.04 Å². The molecule has 0 aliphatic carbocycles. The lowest BCUT2D eigenvalue weighted by atomic mass is 10.0. The van der Waals surface area contributed by atoms with Crippen LogP contribution in [0.4, 0.5) is 0 Å². The Hall–Kier alpha value is -2.24. The number of hydrogen-bond acceptors (Lipinski definition) is 4. The SMILES string of the molecule is COc1ccccc1Oc1cccc(C(N)CC(=O)O)c1.Cl. The molecule has 0 fully saturated rings. The summed E-state index contributed by atoms with van der Waals surface area (Å²) >= 11 is 0. The molecule has 118 valence electrons. The highest BCUT2D eigenvalue weighted by Crippen LogP contribution is 2.31. The van der Waals surface area contributed by atoms with Crippen LogP contribution in [0.25, 0.3) is 0 Å². The summed E-state index contributed by atoms with van der Waals surface area (Å²) in [5, 5.41) is 8.79. The molecule has 0 saturated heterocycles. The van der Waals surface area contributed by atoms with E-state index >= 15 is 0 Å². The number of halogens is 1. The number of hydrogen-bond donors (Lipinski definition) is 2. The van der Waals surface area contributed by atoms with E-state index in [1.54, 1.807) is 43.5 Å². The van der Waals surface area contributed by atoms with Gasteiger partial charge in [0.25, 0.3) is 0 Å². The molecule has 0 saturated carbocycles. The van der Waals surface area contributed by atoms with Crippen molar-refractivity contribution in [2.45, 2.75) is 12.5 Å². The fourth-order valence-electron chi connectivity index (χ4n) is 1.94. The van der Waals surface area contributed by atoms with Crippen molar-refractivity contribution < 1.29 is 19.4 Å². The lowest BCUT2D eigenvalue weighted by molar-refractivity contribution is -0.137. The molecule has 0 heterocycles. The molecular formula is C16H18ClNO4. The number of benzene rings is 2. The molecule has 0 aliphatic heterocycles. The van der Waals surface area contributed by atoms with E-state index in [4.69, 9.17) is 20.3 Å². The number of ether oxygens (including phenoxy) is 2. The Morgan fingerprint density at radius 2 is 1.86 bits per heavy atom. The molecular weight excluding hydrogens is 306 g/mol. The van der Waals surface area contributed by atoms with Crippen molar-refractivity contribution in [2.24, 2.45) is 5.73 Å². The largest absolute Gasteiger partial charge is 0.493 e. The number of aliphatic carboxylic acids is 1. The van der Waals surface area contributed by atoms with Crippen molar-refractivity contribution in [3.05, 3.63) is 54.1 Å². The molecule has 0 spiro atoms. The molecule has 5 nitrogen and oxygen atoms in total. The van der Waals surface area contributed by atoms with Crippen LogP contribution in [0.15, 0.2) is 48.5 Å². The van der Waals surface area contributed by atoms with Crippen molar-refractivity contribution in [1.82, 2.24) is 0 Å². The topological polar surface area (TPSA) is 81.8 Å². The molecule has 1 atom stereocenters. The van der Waals surface area contributed by atoms with Crippen LogP contribution in [0.1, 0.15) is 18.0 Å². The number of methoxy groups -OCH3 is 1. The molecule has 2 aromatic rings. The molecule has 0 radical (unpaired) electrons. The second kappa shape index (κ2) is 8.26. The van der Waals surface area contributed by atoms with Gasteiger partial charge in [-0.1, -0.05) is 24.3 Å². The maximum Gasteiger partial charge on any atom is 0.305 e. The van der Waals surface area contributed by atoms with Crippen LogP contribution in [0, 0.1) is 0 Å². The van der Waals surface area contributed by atoms with Gasteiger partial charge < -0.3 is 20.3 Å². The number of para-hydroxylation sites is 2. The van der Waals surface area contributed by atoms with E-state index < -0.39 is 12.0 Å². The Kier molecular flexibility index (Phi) is 6.69. The van der Waals surface area contributed by atoms with Crippen LogP contribution < -0.4 is 15.2 Å². The Morgan fingerprint density at radius 3 is 2.50 bits per heavy atom. The third-order valence-electron chi connectivity index (χ3n) is 2.98. The van der Waals surface area contributed by atoms with Crippen LogP contribution in [-0.2, 0) is 4.79 Å². The molecule has 2 aromatic carbocycles. The summed E-state index contributed by atoms with van der Waals surface area (Å²) in [6, 6.07) is 13.8. The average Bonchev–Trinajstić information content (AvgIpc) is 2.47. The minimum atomic E-state index is -0.932. The Labute approximate surface area is 135 Å². The molecule has 3 N–H and O–H groups in total. The summed E-state index contributed by atoms with van der Waals surface area (Å²) in [4.78, 5) is 10.7. The van der Waals surface area contributed by atoms with Crippen LogP contribution in [0.5, 0.6) is 17.2 Å². The maximum absolute atomic E-state index is 10.7. The quantitative estimate of drug-likeness (QED) is 0.851. The van der Waals surface area contributed by atoms with Gasteiger partial charge in [0.05, 0.1) is 13.5 Å². The first-order chi connectivity index (χ1) is 10.1. The molecule has 2 rings (SSSR count). The predicted molar refractivity (Wildman–Crippen MR) is 85.9 cm³/mol. The second-order valence-electron chi connectivity index (χ2n) is 4.53. The van der Waals surface area contributed by atoms with Crippen molar-refractivity contribution in [3.63, 3.8) is 0 Å². The first-order valence-corrected chi connectivity index (χ1v) is 6.48.